The van der Waals surface area contributed by atoms with E-state index in [1.165, 1.54) is 108 Å². The molecule has 0 heterocycles. The van der Waals surface area contributed by atoms with Crippen molar-refractivity contribution in [2.45, 2.75) is 103 Å². The molecule has 1 aliphatic rings. The molecule has 114 valence electrons. The summed E-state index contributed by atoms with van der Waals surface area (Å²) in [5.41, 5.74) is 0. The van der Waals surface area contributed by atoms with E-state index in [1.807, 2.05) is 0 Å². The summed E-state index contributed by atoms with van der Waals surface area (Å²) < 4.78 is 0. The van der Waals surface area contributed by atoms with Crippen molar-refractivity contribution in [1.29, 1.82) is 0 Å². The third-order valence-corrected chi connectivity index (χ3v) is 5.28. The smallest absolute Gasteiger partial charge is 0.00313 e. The van der Waals surface area contributed by atoms with Gasteiger partial charge in [0.15, 0.2) is 0 Å². The molecule has 1 fully saturated rings. The van der Waals surface area contributed by atoms with Gasteiger partial charge in [-0.15, -0.1) is 0 Å². The second-order valence-electron chi connectivity index (χ2n) is 6.52. The number of hydrogen-bond donors (Lipinski definition) is 0. The van der Waals surface area contributed by atoms with Crippen LogP contribution in [0.25, 0.3) is 0 Å². The van der Waals surface area contributed by atoms with Crippen molar-refractivity contribution in [1.82, 2.24) is 0 Å². The standard InChI is InChI=1S/C18H35Br/c19-17-13-8-6-4-2-1-3-5-7-10-14-18-15-11-9-12-16-18/h18H,1-17H2. The molecule has 0 saturated heterocycles. The summed E-state index contributed by atoms with van der Waals surface area (Å²) in [4.78, 5) is 0. The van der Waals surface area contributed by atoms with Crippen molar-refractivity contribution < 1.29 is 0 Å². The Bertz CT molecular complexity index is 173. The van der Waals surface area contributed by atoms with Crippen LogP contribution in [0.3, 0.4) is 0 Å². The van der Waals surface area contributed by atoms with Crippen LogP contribution in [0.15, 0.2) is 0 Å². The first-order valence-electron chi connectivity index (χ1n) is 8.99. The molecule has 0 amide bonds. The first-order chi connectivity index (χ1) is 9.43. The van der Waals surface area contributed by atoms with Crippen LogP contribution in [-0.2, 0) is 0 Å². The monoisotopic (exact) mass is 330 g/mol. The van der Waals surface area contributed by atoms with Crippen LogP contribution >= 0.6 is 15.9 Å². The van der Waals surface area contributed by atoms with Gasteiger partial charge in [-0.2, -0.15) is 0 Å². The van der Waals surface area contributed by atoms with Gasteiger partial charge in [-0.1, -0.05) is 112 Å². The molecule has 0 unspecified atom stereocenters. The van der Waals surface area contributed by atoms with E-state index in [2.05, 4.69) is 15.9 Å². The van der Waals surface area contributed by atoms with Gasteiger partial charge in [0.25, 0.3) is 0 Å². The van der Waals surface area contributed by atoms with Gasteiger partial charge < -0.3 is 0 Å². The van der Waals surface area contributed by atoms with Crippen LogP contribution in [-0.4, -0.2) is 5.33 Å². The maximum Gasteiger partial charge on any atom is 0.00313 e. The molecule has 0 aliphatic heterocycles. The van der Waals surface area contributed by atoms with E-state index < -0.39 is 0 Å². The molecule has 0 radical (unpaired) electrons. The van der Waals surface area contributed by atoms with Gasteiger partial charge in [-0.25, -0.2) is 0 Å². The minimum absolute atomic E-state index is 1.10. The first-order valence-corrected chi connectivity index (χ1v) is 10.1. The fourth-order valence-corrected chi connectivity index (χ4v) is 3.81. The fourth-order valence-electron chi connectivity index (χ4n) is 3.42. The van der Waals surface area contributed by atoms with Gasteiger partial charge in [-0.3, -0.25) is 0 Å². The Morgan fingerprint density at radius 2 is 1.05 bits per heavy atom. The lowest BCUT2D eigenvalue weighted by Crippen LogP contribution is -2.05. The molecular formula is C18H35Br. The van der Waals surface area contributed by atoms with Crippen molar-refractivity contribution >= 4 is 15.9 Å². The molecule has 0 spiro atoms. The van der Waals surface area contributed by atoms with E-state index in [1.54, 1.807) is 0 Å². The Kier molecular flexibility index (Phi) is 12.4. The predicted octanol–water partition coefficient (Wildman–Crippen LogP) is 7.25. The topological polar surface area (TPSA) is 0 Å². The maximum atomic E-state index is 3.50. The highest BCUT2D eigenvalue weighted by Crippen LogP contribution is 2.28. The van der Waals surface area contributed by atoms with Crippen molar-refractivity contribution in [3.63, 3.8) is 0 Å². The lowest BCUT2D eigenvalue weighted by molar-refractivity contribution is 0.328. The summed E-state index contributed by atoms with van der Waals surface area (Å²) in [7, 11) is 0. The first kappa shape index (κ1) is 17.5. The van der Waals surface area contributed by atoms with E-state index in [9.17, 15) is 0 Å². The van der Waals surface area contributed by atoms with Crippen molar-refractivity contribution in [2.24, 2.45) is 5.92 Å². The van der Waals surface area contributed by atoms with E-state index in [0.717, 1.165) is 5.92 Å². The van der Waals surface area contributed by atoms with Crippen molar-refractivity contribution in [3.05, 3.63) is 0 Å². The van der Waals surface area contributed by atoms with Crippen LogP contribution < -0.4 is 0 Å². The SMILES string of the molecule is BrCCCCCCCCCCCCC1CCCCC1. The molecule has 1 heteroatoms. The molecule has 0 N–H and O–H groups in total. The summed E-state index contributed by atoms with van der Waals surface area (Å²) in [6.07, 6.45) is 23.8. The summed E-state index contributed by atoms with van der Waals surface area (Å²) >= 11 is 3.50. The highest BCUT2D eigenvalue weighted by Gasteiger charge is 2.12. The molecule has 1 rings (SSSR count). The Balaban J connectivity index is 1.71. The molecular weight excluding hydrogens is 296 g/mol. The Morgan fingerprint density at radius 3 is 1.58 bits per heavy atom. The van der Waals surface area contributed by atoms with Gasteiger partial charge in [0.05, 0.1) is 0 Å². The summed E-state index contributed by atoms with van der Waals surface area (Å²) in [5.74, 6) is 1.10. The summed E-state index contributed by atoms with van der Waals surface area (Å²) in [6.45, 7) is 0. The quantitative estimate of drug-likeness (QED) is 0.261. The normalized spacial score (nSPS) is 16.9. The summed E-state index contributed by atoms with van der Waals surface area (Å²) in [6, 6.07) is 0. The molecule has 0 aromatic rings. The maximum absolute atomic E-state index is 3.50. The second kappa shape index (κ2) is 13.5. The molecule has 0 bridgehead atoms. The van der Waals surface area contributed by atoms with Gasteiger partial charge in [0.1, 0.15) is 0 Å². The van der Waals surface area contributed by atoms with Crippen molar-refractivity contribution in [3.8, 4) is 0 Å². The highest BCUT2D eigenvalue weighted by atomic mass is 79.9. The number of hydrogen-bond acceptors (Lipinski definition) is 0. The minimum atomic E-state index is 1.10. The largest absolute Gasteiger partial charge is 0.0928 e. The Labute approximate surface area is 130 Å². The zero-order chi connectivity index (χ0) is 13.6. The van der Waals surface area contributed by atoms with E-state index in [4.69, 9.17) is 0 Å². The van der Waals surface area contributed by atoms with E-state index in [-0.39, 0.29) is 0 Å². The molecule has 1 aliphatic carbocycles. The second-order valence-corrected chi connectivity index (χ2v) is 7.31. The van der Waals surface area contributed by atoms with Gasteiger partial charge >= 0.3 is 0 Å². The van der Waals surface area contributed by atoms with Gasteiger partial charge in [0.2, 0.25) is 0 Å². The Hall–Kier alpha value is 0.480. The minimum Gasteiger partial charge on any atom is -0.0928 e. The number of rotatable bonds is 12. The number of halogens is 1. The lowest BCUT2D eigenvalue weighted by atomic mass is 9.85. The van der Waals surface area contributed by atoms with Gasteiger partial charge in [-0.05, 0) is 12.3 Å². The van der Waals surface area contributed by atoms with Crippen LogP contribution in [0.2, 0.25) is 0 Å². The molecule has 0 nitrogen and oxygen atoms in total. The molecule has 0 aromatic carbocycles. The van der Waals surface area contributed by atoms with Crippen molar-refractivity contribution in [2.75, 3.05) is 5.33 Å². The fraction of sp³-hybridized carbons (Fsp3) is 1.00. The average Bonchev–Trinajstić information content (AvgIpc) is 2.46. The number of unbranched alkanes of at least 4 members (excludes halogenated alkanes) is 9. The molecule has 0 atom stereocenters. The molecule has 19 heavy (non-hydrogen) atoms. The zero-order valence-electron chi connectivity index (χ0n) is 13.0. The molecule has 1 saturated carbocycles. The molecule has 0 aromatic heterocycles. The van der Waals surface area contributed by atoms with E-state index in [0.29, 0.717) is 0 Å². The Morgan fingerprint density at radius 1 is 0.579 bits per heavy atom. The van der Waals surface area contributed by atoms with E-state index >= 15 is 0 Å². The third-order valence-electron chi connectivity index (χ3n) is 4.72. The highest BCUT2D eigenvalue weighted by molar-refractivity contribution is 9.09. The number of alkyl halides is 1. The average molecular weight is 331 g/mol. The van der Waals surface area contributed by atoms with Crippen LogP contribution in [0.4, 0.5) is 0 Å². The lowest BCUT2D eigenvalue weighted by Gasteiger charge is -2.21. The van der Waals surface area contributed by atoms with Crippen LogP contribution in [0.5, 0.6) is 0 Å². The zero-order valence-corrected chi connectivity index (χ0v) is 14.6. The summed E-state index contributed by atoms with van der Waals surface area (Å²) in [5, 5.41) is 1.19. The van der Waals surface area contributed by atoms with Crippen LogP contribution in [0, 0.1) is 5.92 Å². The van der Waals surface area contributed by atoms with Crippen LogP contribution in [0.1, 0.15) is 103 Å². The van der Waals surface area contributed by atoms with Gasteiger partial charge in [0, 0.05) is 5.33 Å². The predicted molar refractivity (Wildman–Crippen MR) is 91.2 cm³/mol. The third kappa shape index (κ3) is 10.9.